The normalized spacial score (nSPS) is 20.0. The molecule has 7 heteroatoms. The van der Waals surface area contributed by atoms with E-state index in [-0.39, 0.29) is 18.2 Å². The Labute approximate surface area is 105 Å². The van der Waals surface area contributed by atoms with Crippen LogP contribution in [-0.2, 0) is 28.6 Å². The van der Waals surface area contributed by atoms with Gasteiger partial charge in [-0.1, -0.05) is 0 Å². The summed E-state index contributed by atoms with van der Waals surface area (Å²) >= 11 is 0. The summed E-state index contributed by atoms with van der Waals surface area (Å²) in [7, 11) is 2.40. The van der Waals surface area contributed by atoms with Gasteiger partial charge in [0, 0.05) is 6.61 Å². The molecule has 0 unspecified atom stereocenters. The molecule has 1 fully saturated rings. The minimum absolute atomic E-state index is 0.248. The number of amides is 1. The fourth-order valence-electron chi connectivity index (χ4n) is 1.62. The number of carbonyl (C=O) groups excluding carboxylic acids is 3. The van der Waals surface area contributed by atoms with Crippen molar-refractivity contribution >= 4 is 17.8 Å². The summed E-state index contributed by atoms with van der Waals surface area (Å²) in [6.45, 7) is 0.857. The first kappa shape index (κ1) is 14.4. The van der Waals surface area contributed by atoms with Crippen LogP contribution in [0, 0.1) is 5.92 Å². The van der Waals surface area contributed by atoms with Crippen molar-refractivity contribution in [3.8, 4) is 0 Å². The first-order chi connectivity index (χ1) is 8.58. The first-order valence-electron chi connectivity index (χ1n) is 5.61. The van der Waals surface area contributed by atoms with Crippen molar-refractivity contribution in [1.29, 1.82) is 0 Å². The molecule has 1 aliphatic rings. The Kier molecular flexibility index (Phi) is 5.57. The molecule has 0 spiro atoms. The van der Waals surface area contributed by atoms with Crippen molar-refractivity contribution in [1.82, 2.24) is 5.32 Å². The van der Waals surface area contributed by atoms with Gasteiger partial charge in [0.05, 0.1) is 33.2 Å². The van der Waals surface area contributed by atoms with Crippen molar-refractivity contribution in [2.75, 3.05) is 27.4 Å². The summed E-state index contributed by atoms with van der Waals surface area (Å²) < 4.78 is 14.1. The van der Waals surface area contributed by atoms with Crippen LogP contribution >= 0.6 is 0 Å². The fraction of sp³-hybridized carbons (Fsp3) is 0.727. The van der Waals surface area contributed by atoms with Crippen molar-refractivity contribution in [2.45, 2.75) is 18.9 Å². The number of hydrogen-bond acceptors (Lipinski definition) is 6. The zero-order valence-corrected chi connectivity index (χ0v) is 10.4. The Hall–Kier alpha value is -1.63. The van der Waals surface area contributed by atoms with Crippen LogP contribution in [0.25, 0.3) is 0 Å². The third-order valence-electron chi connectivity index (χ3n) is 2.70. The Morgan fingerprint density at radius 1 is 1.33 bits per heavy atom. The van der Waals surface area contributed by atoms with Gasteiger partial charge in [-0.3, -0.25) is 9.59 Å². The molecule has 0 bridgehead atoms. The van der Waals surface area contributed by atoms with Gasteiger partial charge in [0.2, 0.25) is 5.91 Å². The van der Waals surface area contributed by atoms with Gasteiger partial charge in [0.1, 0.15) is 6.04 Å². The molecular weight excluding hydrogens is 242 g/mol. The lowest BCUT2D eigenvalue weighted by Crippen LogP contribution is -2.45. The third-order valence-corrected chi connectivity index (χ3v) is 2.70. The van der Waals surface area contributed by atoms with E-state index in [4.69, 9.17) is 4.74 Å². The molecule has 7 nitrogen and oxygen atoms in total. The highest BCUT2D eigenvalue weighted by Gasteiger charge is 2.30. The average molecular weight is 259 g/mol. The number of carbonyl (C=O) groups is 3. The Morgan fingerprint density at radius 3 is 2.56 bits per heavy atom. The van der Waals surface area contributed by atoms with Crippen molar-refractivity contribution in [3.05, 3.63) is 0 Å². The Balaban J connectivity index is 2.56. The summed E-state index contributed by atoms with van der Waals surface area (Å²) in [4.78, 5) is 34.4. The van der Waals surface area contributed by atoms with Crippen LogP contribution in [-0.4, -0.2) is 51.3 Å². The van der Waals surface area contributed by atoms with Crippen LogP contribution < -0.4 is 5.32 Å². The van der Waals surface area contributed by atoms with Gasteiger partial charge in [-0.25, -0.2) is 4.79 Å². The molecule has 0 aromatic carbocycles. The van der Waals surface area contributed by atoms with E-state index in [9.17, 15) is 14.4 Å². The summed E-state index contributed by atoms with van der Waals surface area (Å²) in [6, 6.07) is -1.02. The van der Waals surface area contributed by atoms with Gasteiger partial charge in [0.15, 0.2) is 0 Å². The maximum Gasteiger partial charge on any atom is 0.328 e. The largest absolute Gasteiger partial charge is 0.469 e. The monoisotopic (exact) mass is 259 g/mol. The molecule has 0 aromatic heterocycles. The molecule has 1 aliphatic heterocycles. The first-order valence-corrected chi connectivity index (χ1v) is 5.61. The molecule has 1 amide bonds. The zero-order chi connectivity index (χ0) is 13.5. The van der Waals surface area contributed by atoms with E-state index >= 15 is 0 Å². The Morgan fingerprint density at radius 2 is 2.06 bits per heavy atom. The van der Waals surface area contributed by atoms with E-state index in [2.05, 4.69) is 14.8 Å². The van der Waals surface area contributed by atoms with Crippen molar-refractivity contribution in [2.24, 2.45) is 5.92 Å². The second-order valence-corrected chi connectivity index (χ2v) is 3.93. The average Bonchev–Trinajstić information content (AvgIpc) is 2.90. The van der Waals surface area contributed by atoms with Crippen LogP contribution in [0.2, 0.25) is 0 Å². The molecule has 18 heavy (non-hydrogen) atoms. The maximum absolute atomic E-state index is 11.8. The number of ether oxygens (including phenoxy) is 3. The smallest absolute Gasteiger partial charge is 0.328 e. The lowest BCUT2D eigenvalue weighted by molar-refractivity contribution is -0.151. The van der Waals surface area contributed by atoms with E-state index in [1.807, 2.05) is 0 Å². The summed E-state index contributed by atoms with van der Waals surface area (Å²) in [6.07, 6.45) is 0.362. The maximum atomic E-state index is 11.8. The number of methoxy groups -OCH3 is 2. The molecule has 1 N–H and O–H groups in total. The topological polar surface area (TPSA) is 90.9 Å². The number of nitrogens with one attached hydrogen (secondary N) is 1. The summed E-state index contributed by atoms with van der Waals surface area (Å²) in [5.41, 5.74) is 0. The van der Waals surface area contributed by atoms with E-state index in [1.165, 1.54) is 14.2 Å². The minimum atomic E-state index is -1.02. The van der Waals surface area contributed by atoms with E-state index in [1.54, 1.807) is 0 Å². The highest BCUT2D eigenvalue weighted by molar-refractivity contribution is 5.88. The van der Waals surface area contributed by atoms with Crippen LogP contribution in [0.15, 0.2) is 0 Å². The van der Waals surface area contributed by atoms with Gasteiger partial charge in [-0.15, -0.1) is 0 Å². The third kappa shape index (κ3) is 3.99. The van der Waals surface area contributed by atoms with Gasteiger partial charge in [-0.2, -0.15) is 0 Å². The summed E-state index contributed by atoms with van der Waals surface area (Å²) in [5.74, 6) is -1.86. The molecule has 1 heterocycles. The predicted molar refractivity (Wildman–Crippen MR) is 59.5 cm³/mol. The minimum Gasteiger partial charge on any atom is -0.469 e. The molecule has 1 saturated heterocycles. The second kappa shape index (κ2) is 6.95. The molecule has 0 saturated carbocycles. The SMILES string of the molecule is COC(=O)C[C@H](NC(=O)[C@H]1CCOC1)C(=O)OC. The second-order valence-electron chi connectivity index (χ2n) is 3.93. The van der Waals surface area contributed by atoms with E-state index < -0.39 is 18.0 Å². The highest BCUT2D eigenvalue weighted by atomic mass is 16.5. The quantitative estimate of drug-likeness (QED) is 0.653. The number of esters is 2. The lowest BCUT2D eigenvalue weighted by atomic mass is 10.1. The predicted octanol–water partition coefficient (Wildman–Crippen LogP) is -0.756. The van der Waals surface area contributed by atoms with Crippen LogP contribution in [0.5, 0.6) is 0 Å². The number of hydrogen-bond donors (Lipinski definition) is 1. The van der Waals surface area contributed by atoms with E-state index in [0.717, 1.165) is 0 Å². The van der Waals surface area contributed by atoms with Crippen LogP contribution in [0.3, 0.4) is 0 Å². The summed E-state index contributed by atoms with van der Waals surface area (Å²) in [5, 5.41) is 2.48. The molecule has 102 valence electrons. The van der Waals surface area contributed by atoms with Crippen LogP contribution in [0.4, 0.5) is 0 Å². The van der Waals surface area contributed by atoms with Gasteiger partial charge in [0.25, 0.3) is 0 Å². The molecule has 0 aliphatic carbocycles. The molecule has 0 aromatic rings. The molecule has 0 radical (unpaired) electrons. The lowest BCUT2D eigenvalue weighted by Gasteiger charge is -2.17. The fourth-order valence-corrected chi connectivity index (χ4v) is 1.62. The standard InChI is InChI=1S/C11H17NO6/c1-16-9(13)5-8(11(15)17-2)12-10(14)7-3-4-18-6-7/h7-8H,3-6H2,1-2H3,(H,12,14)/t7-,8-/m0/s1. The van der Waals surface area contributed by atoms with Gasteiger partial charge in [-0.05, 0) is 6.42 Å². The Bertz CT molecular complexity index is 323. The molecule has 1 rings (SSSR count). The van der Waals surface area contributed by atoms with E-state index in [0.29, 0.717) is 19.6 Å². The van der Waals surface area contributed by atoms with Crippen molar-refractivity contribution in [3.63, 3.8) is 0 Å². The molecule has 2 atom stereocenters. The van der Waals surface area contributed by atoms with Gasteiger partial charge >= 0.3 is 11.9 Å². The molecular formula is C11H17NO6. The van der Waals surface area contributed by atoms with Crippen molar-refractivity contribution < 1.29 is 28.6 Å². The zero-order valence-electron chi connectivity index (χ0n) is 10.4. The highest BCUT2D eigenvalue weighted by Crippen LogP contribution is 2.13. The van der Waals surface area contributed by atoms with Crippen LogP contribution in [0.1, 0.15) is 12.8 Å². The van der Waals surface area contributed by atoms with Gasteiger partial charge < -0.3 is 19.5 Å². The number of rotatable bonds is 5.